The van der Waals surface area contributed by atoms with Gasteiger partial charge in [0, 0.05) is 0 Å². The van der Waals surface area contributed by atoms with E-state index >= 15 is 0 Å². The minimum atomic E-state index is -0.530. The summed E-state index contributed by atoms with van der Waals surface area (Å²) in [7, 11) is 0. The number of hydrogen-bond donors (Lipinski definition) is 1. The molecule has 1 aromatic rings. The van der Waals surface area contributed by atoms with Crippen molar-refractivity contribution in [3.63, 3.8) is 0 Å². The van der Waals surface area contributed by atoms with Crippen LogP contribution in [0.1, 0.15) is 42.5 Å². The first-order valence-corrected chi connectivity index (χ1v) is 5.05. The minimum Gasteiger partial charge on any atom is -0.456 e. The third-order valence-electron chi connectivity index (χ3n) is 1.89. The number of esters is 1. The molecule has 16 heavy (non-hydrogen) atoms. The van der Waals surface area contributed by atoms with E-state index in [1.807, 2.05) is 20.8 Å². The van der Waals surface area contributed by atoms with Gasteiger partial charge in [-0.1, -0.05) is 0 Å². The number of nitrogen functional groups attached to an aromatic ring is 1. The van der Waals surface area contributed by atoms with Gasteiger partial charge in [0.1, 0.15) is 11.2 Å². The lowest BCUT2D eigenvalue weighted by Gasteiger charge is -2.20. The van der Waals surface area contributed by atoms with E-state index in [2.05, 4.69) is 9.97 Å². The van der Waals surface area contributed by atoms with E-state index in [9.17, 15) is 4.79 Å². The fraction of sp³-hybridized carbons (Fsp3) is 0.545. The molecular weight excluding hydrogens is 206 g/mol. The Labute approximate surface area is 95.0 Å². The second kappa shape index (κ2) is 4.08. The quantitative estimate of drug-likeness (QED) is 0.732. The van der Waals surface area contributed by atoms with E-state index in [4.69, 9.17) is 10.5 Å². The van der Waals surface area contributed by atoms with Gasteiger partial charge in [-0.2, -0.15) is 0 Å². The number of aryl methyl sites for hydroxylation is 2. The van der Waals surface area contributed by atoms with Gasteiger partial charge in [-0.3, -0.25) is 0 Å². The van der Waals surface area contributed by atoms with Crippen LogP contribution in [0.4, 0.5) is 5.95 Å². The van der Waals surface area contributed by atoms with Crippen molar-refractivity contribution >= 4 is 11.9 Å². The first kappa shape index (κ1) is 12.4. The number of carbonyl (C=O) groups is 1. The molecule has 2 N–H and O–H groups in total. The molecule has 0 unspecified atom stereocenters. The molecule has 0 aliphatic heterocycles. The Balaban J connectivity index is 3.10. The van der Waals surface area contributed by atoms with Gasteiger partial charge in [-0.15, -0.1) is 0 Å². The Bertz CT molecular complexity index is 399. The Morgan fingerprint density at radius 2 is 1.62 bits per heavy atom. The molecule has 88 valence electrons. The molecule has 1 rings (SSSR count). The highest BCUT2D eigenvalue weighted by atomic mass is 16.6. The van der Waals surface area contributed by atoms with Crippen LogP contribution in [0.2, 0.25) is 0 Å². The summed E-state index contributed by atoms with van der Waals surface area (Å²) in [5, 5.41) is 0. The van der Waals surface area contributed by atoms with Gasteiger partial charge in [0.2, 0.25) is 5.95 Å². The number of rotatable bonds is 1. The Morgan fingerprint density at radius 1 is 1.19 bits per heavy atom. The minimum absolute atomic E-state index is 0.169. The second-order valence-corrected chi connectivity index (χ2v) is 4.63. The number of aromatic nitrogens is 2. The molecule has 0 amide bonds. The molecule has 5 heteroatoms. The number of hydrogen-bond acceptors (Lipinski definition) is 5. The summed E-state index contributed by atoms with van der Waals surface area (Å²) in [6, 6.07) is 0. The highest BCUT2D eigenvalue weighted by Gasteiger charge is 2.22. The molecule has 1 aromatic heterocycles. The number of nitrogens with zero attached hydrogens (tertiary/aromatic N) is 2. The predicted octanol–water partition coefficient (Wildman–Crippen LogP) is 1.63. The maximum atomic E-state index is 11.9. The number of ether oxygens (including phenoxy) is 1. The van der Waals surface area contributed by atoms with Crippen molar-refractivity contribution in [1.29, 1.82) is 0 Å². The molecule has 0 saturated heterocycles. The topological polar surface area (TPSA) is 78.1 Å². The van der Waals surface area contributed by atoms with E-state index in [-0.39, 0.29) is 5.95 Å². The van der Waals surface area contributed by atoms with Crippen molar-refractivity contribution in [3.05, 3.63) is 17.0 Å². The summed E-state index contributed by atoms with van der Waals surface area (Å²) in [4.78, 5) is 19.8. The zero-order valence-corrected chi connectivity index (χ0v) is 10.3. The number of anilines is 1. The van der Waals surface area contributed by atoms with Crippen molar-refractivity contribution in [2.75, 3.05) is 5.73 Å². The highest BCUT2D eigenvalue weighted by Crippen LogP contribution is 2.16. The number of carbonyl (C=O) groups excluding carboxylic acids is 1. The van der Waals surface area contributed by atoms with Crippen molar-refractivity contribution in [2.45, 2.75) is 40.2 Å². The molecule has 0 atom stereocenters. The normalized spacial score (nSPS) is 11.3. The summed E-state index contributed by atoms with van der Waals surface area (Å²) >= 11 is 0. The zero-order chi connectivity index (χ0) is 12.5. The van der Waals surface area contributed by atoms with Crippen molar-refractivity contribution in [2.24, 2.45) is 0 Å². The zero-order valence-electron chi connectivity index (χ0n) is 10.3. The van der Waals surface area contributed by atoms with Gasteiger partial charge in [-0.05, 0) is 34.6 Å². The molecular formula is C11H17N3O2. The molecule has 0 radical (unpaired) electrons. The van der Waals surface area contributed by atoms with E-state index in [1.54, 1.807) is 13.8 Å². The van der Waals surface area contributed by atoms with Crippen LogP contribution >= 0.6 is 0 Å². The fourth-order valence-electron chi connectivity index (χ4n) is 1.37. The standard InChI is InChI=1S/C11H17N3O2/c1-6-8(7(2)14-10(12)13-6)9(15)16-11(3,4)5/h1-5H3,(H2,12,13,14). The van der Waals surface area contributed by atoms with Crippen LogP contribution in [0.3, 0.4) is 0 Å². The lowest BCUT2D eigenvalue weighted by Crippen LogP contribution is -2.25. The van der Waals surface area contributed by atoms with Crippen LogP contribution in [0.25, 0.3) is 0 Å². The molecule has 0 saturated carbocycles. The van der Waals surface area contributed by atoms with Gasteiger partial charge in [0.25, 0.3) is 0 Å². The Hall–Kier alpha value is -1.65. The van der Waals surface area contributed by atoms with Gasteiger partial charge in [0.05, 0.1) is 11.4 Å². The first-order valence-electron chi connectivity index (χ1n) is 5.05. The van der Waals surface area contributed by atoms with Crippen molar-refractivity contribution in [1.82, 2.24) is 9.97 Å². The third-order valence-corrected chi connectivity index (χ3v) is 1.89. The Kier molecular flexibility index (Phi) is 3.16. The van der Waals surface area contributed by atoms with Gasteiger partial charge in [0.15, 0.2) is 0 Å². The van der Waals surface area contributed by atoms with E-state index in [0.29, 0.717) is 17.0 Å². The van der Waals surface area contributed by atoms with Crippen LogP contribution in [-0.2, 0) is 4.74 Å². The second-order valence-electron chi connectivity index (χ2n) is 4.63. The first-order chi connectivity index (χ1) is 7.20. The highest BCUT2D eigenvalue weighted by molar-refractivity contribution is 5.92. The monoisotopic (exact) mass is 223 g/mol. The SMILES string of the molecule is Cc1nc(N)nc(C)c1C(=O)OC(C)(C)C. The summed E-state index contributed by atoms with van der Waals surface area (Å²) in [5.74, 6) is -0.246. The summed E-state index contributed by atoms with van der Waals surface area (Å²) < 4.78 is 5.27. The van der Waals surface area contributed by atoms with Gasteiger partial charge >= 0.3 is 5.97 Å². The van der Waals surface area contributed by atoms with E-state index in [1.165, 1.54) is 0 Å². The maximum Gasteiger partial charge on any atom is 0.342 e. The molecule has 0 spiro atoms. The molecule has 0 fully saturated rings. The smallest absolute Gasteiger partial charge is 0.342 e. The molecule has 0 aromatic carbocycles. The summed E-state index contributed by atoms with van der Waals surface area (Å²) in [6.45, 7) is 8.86. The number of nitrogens with two attached hydrogens (primary N) is 1. The fourth-order valence-corrected chi connectivity index (χ4v) is 1.37. The Morgan fingerprint density at radius 3 is 2.00 bits per heavy atom. The predicted molar refractivity (Wildman–Crippen MR) is 61.1 cm³/mol. The van der Waals surface area contributed by atoms with Crippen molar-refractivity contribution < 1.29 is 9.53 Å². The lowest BCUT2D eigenvalue weighted by atomic mass is 10.1. The largest absolute Gasteiger partial charge is 0.456 e. The van der Waals surface area contributed by atoms with Crippen LogP contribution in [-0.4, -0.2) is 21.5 Å². The lowest BCUT2D eigenvalue weighted by molar-refractivity contribution is 0.00669. The average molecular weight is 223 g/mol. The van der Waals surface area contributed by atoms with Crippen LogP contribution in [0, 0.1) is 13.8 Å². The summed E-state index contributed by atoms with van der Waals surface area (Å²) in [6.07, 6.45) is 0. The van der Waals surface area contributed by atoms with Gasteiger partial charge in [-0.25, -0.2) is 14.8 Å². The molecule has 5 nitrogen and oxygen atoms in total. The third kappa shape index (κ3) is 2.92. The molecule has 1 heterocycles. The molecule has 0 aliphatic rings. The average Bonchev–Trinajstić information content (AvgIpc) is 1.96. The maximum absolute atomic E-state index is 11.9. The van der Waals surface area contributed by atoms with Crippen LogP contribution in [0.5, 0.6) is 0 Å². The van der Waals surface area contributed by atoms with Crippen LogP contribution < -0.4 is 5.73 Å². The molecule has 0 bridgehead atoms. The van der Waals surface area contributed by atoms with E-state index < -0.39 is 11.6 Å². The van der Waals surface area contributed by atoms with E-state index in [0.717, 1.165) is 0 Å². The summed E-state index contributed by atoms with van der Waals surface area (Å²) in [5.41, 5.74) is 6.43. The molecule has 0 aliphatic carbocycles. The van der Waals surface area contributed by atoms with Crippen LogP contribution in [0.15, 0.2) is 0 Å². The van der Waals surface area contributed by atoms with Gasteiger partial charge < -0.3 is 10.5 Å². The van der Waals surface area contributed by atoms with Crippen molar-refractivity contribution in [3.8, 4) is 0 Å².